The van der Waals surface area contributed by atoms with Crippen molar-refractivity contribution >= 4 is 11.6 Å². The Labute approximate surface area is 94.5 Å². The van der Waals surface area contributed by atoms with Crippen LogP contribution in [-0.4, -0.2) is 33.3 Å². The minimum absolute atomic E-state index is 0.750. The zero-order valence-corrected chi connectivity index (χ0v) is 9.41. The molecule has 0 fully saturated rings. The molecule has 1 aromatic carbocycles. The van der Waals surface area contributed by atoms with E-state index >= 15 is 0 Å². The lowest BCUT2D eigenvalue weighted by atomic mass is 10.3. The van der Waals surface area contributed by atoms with Gasteiger partial charge in [0.05, 0.1) is 20.8 Å². The summed E-state index contributed by atoms with van der Waals surface area (Å²) in [6.07, 6.45) is 0. The van der Waals surface area contributed by atoms with Crippen LogP contribution < -0.4 is 20.1 Å². The highest BCUT2D eigenvalue weighted by atomic mass is 16.5. The van der Waals surface area contributed by atoms with E-state index in [4.69, 9.17) is 9.47 Å². The normalized spacial score (nSPS) is 14.0. The van der Waals surface area contributed by atoms with E-state index in [0.717, 1.165) is 36.2 Å². The second-order valence-corrected chi connectivity index (χ2v) is 3.38. The standard InChI is InChI=1S/C11H15N3O2/c1-15-9-5-8(6-10(7-9)16-2)14-11-12-3-4-13-11/h5-7H,3-4H2,1-2H3,(H2,12,13,14). The molecule has 0 radical (unpaired) electrons. The van der Waals surface area contributed by atoms with Crippen LogP contribution in [0, 0.1) is 0 Å². The second-order valence-electron chi connectivity index (χ2n) is 3.38. The predicted molar refractivity (Wildman–Crippen MR) is 63.5 cm³/mol. The van der Waals surface area contributed by atoms with Crippen LogP contribution >= 0.6 is 0 Å². The third kappa shape index (κ3) is 2.36. The number of benzene rings is 1. The van der Waals surface area contributed by atoms with E-state index in [2.05, 4.69) is 15.6 Å². The molecule has 0 saturated carbocycles. The molecule has 2 rings (SSSR count). The molecule has 0 aliphatic carbocycles. The Kier molecular flexibility index (Phi) is 3.14. The van der Waals surface area contributed by atoms with Gasteiger partial charge < -0.3 is 20.1 Å². The molecule has 0 atom stereocenters. The van der Waals surface area contributed by atoms with Crippen molar-refractivity contribution < 1.29 is 9.47 Å². The van der Waals surface area contributed by atoms with Crippen LogP contribution in [0.3, 0.4) is 0 Å². The number of ether oxygens (including phenoxy) is 2. The molecular formula is C11H15N3O2. The van der Waals surface area contributed by atoms with E-state index in [9.17, 15) is 0 Å². The number of rotatable bonds is 3. The molecule has 1 aliphatic heterocycles. The number of nitrogens with zero attached hydrogens (tertiary/aromatic N) is 1. The first-order valence-corrected chi connectivity index (χ1v) is 5.10. The molecule has 5 heteroatoms. The topological polar surface area (TPSA) is 54.9 Å². The first-order chi connectivity index (χ1) is 7.81. The highest BCUT2D eigenvalue weighted by molar-refractivity contribution is 5.94. The number of methoxy groups -OCH3 is 2. The first kappa shape index (κ1) is 10.6. The molecule has 1 heterocycles. The summed E-state index contributed by atoms with van der Waals surface area (Å²) in [5.74, 6) is 2.29. The van der Waals surface area contributed by atoms with Gasteiger partial charge in [-0.1, -0.05) is 0 Å². The smallest absolute Gasteiger partial charge is 0.195 e. The lowest BCUT2D eigenvalue weighted by Crippen LogP contribution is -2.26. The number of aliphatic imine (C=N–C) groups is 1. The van der Waals surface area contributed by atoms with Crippen molar-refractivity contribution in [2.24, 2.45) is 4.99 Å². The molecule has 0 amide bonds. The van der Waals surface area contributed by atoms with Gasteiger partial charge in [-0.05, 0) is 0 Å². The number of hydrogen-bond acceptors (Lipinski definition) is 5. The van der Waals surface area contributed by atoms with Crippen molar-refractivity contribution in [2.75, 3.05) is 32.6 Å². The molecule has 0 aromatic heterocycles. The molecule has 0 unspecified atom stereocenters. The average molecular weight is 221 g/mol. The van der Waals surface area contributed by atoms with Gasteiger partial charge >= 0.3 is 0 Å². The first-order valence-electron chi connectivity index (χ1n) is 5.10. The van der Waals surface area contributed by atoms with E-state index in [1.807, 2.05) is 18.2 Å². The number of hydrogen-bond donors (Lipinski definition) is 2. The summed E-state index contributed by atoms with van der Waals surface area (Å²) in [5.41, 5.74) is 0.893. The van der Waals surface area contributed by atoms with Gasteiger partial charge in [-0.2, -0.15) is 0 Å². The van der Waals surface area contributed by atoms with Gasteiger partial charge in [-0.25, -0.2) is 0 Å². The number of guanidine groups is 1. The largest absolute Gasteiger partial charge is 0.497 e. The molecule has 1 aliphatic rings. The van der Waals surface area contributed by atoms with Crippen molar-refractivity contribution in [3.05, 3.63) is 18.2 Å². The van der Waals surface area contributed by atoms with E-state index in [0.29, 0.717) is 0 Å². The second kappa shape index (κ2) is 4.74. The third-order valence-electron chi connectivity index (χ3n) is 2.29. The Bertz CT molecular complexity index is 382. The average Bonchev–Trinajstić information content (AvgIpc) is 2.81. The molecular weight excluding hydrogens is 206 g/mol. The fourth-order valence-electron chi connectivity index (χ4n) is 1.50. The van der Waals surface area contributed by atoms with Crippen LogP contribution in [-0.2, 0) is 0 Å². The molecule has 86 valence electrons. The predicted octanol–water partition coefficient (Wildman–Crippen LogP) is 1.07. The lowest BCUT2D eigenvalue weighted by Gasteiger charge is -2.10. The Morgan fingerprint density at radius 2 is 1.88 bits per heavy atom. The summed E-state index contributed by atoms with van der Waals surface area (Å²) in [5, 5.41) is 6.31. The third-order valence-corrected chi connectivity index (χ3v) is 2.29. The van der Waals surface area contributed by atoms with Gasteiger partial charge in [0.25, 0.3) is 0 Å². The maximum Gasteiger partial charge on any atom is 0.195 e. The number of nitrogens with one attached hydrogen (secondary N) is 2. The maximum atomic E-state index is 5.18. The summed E-state index contributed by atoms with van der Waals surface area (Å²) in [6.45, 7) is 1.69. The fraction of sp³-hybridized carbons (Fsp3) is 0.364. The van der Waals surface area contributed by atoms with E-state index < -0.39 is 0 Å². The monoisotopic (exact) mass is 221 g/mol. The Morgan fingerprint density at radius 1 is 1.19 bits per heavy atom. The van der Waals surface area contributed by atoms with Gasteiger partial charge in [0, 0.05) is 30.4 Å². The van der Waals surface area contributed by atoms with Crippen molar-refractivity contribution in [3.63, 3.8) is 0 Å². The summed E-state index contributed by atoms with van der Waals surface area (Å²) in [7, 11) is 3.26. The quantitative estimate of drug-likeness (QED) is 0.801. The van der Waals surface area contributed by atoms with Crippen molar-refractivity contribution in [1.82, 2.24) is 5.32 Å². The van der Waals surface area contributed by atoms with Gasteiger partial charge in [-0.15, -0.1) is 0 Å². The fourth-order valence-corrected chi connectivity index (χ4v) is 1.50. The molecule has 0 spiro atoms. The van der Waals surface area contributed by atoms with Crippen LogP contribution in [0.5, 0.6) is 11.5 Å². The molecule has 0 saturated heterocycles. The van der Waals surface area contributed by atoms with E-state index in [-0.39, 0.29) is 0 Å². The summed E-state index contributed by atoms with van der Waals surface area (Å²) in [6, 6.07) is 5.62. The lowest BCUT2D eigenvalue weighted by molar-refractivity contribution is 0.395. The van der Waals surface area contributed by atoms with Crippen LogP contribution in [0.1, 0.15) is 0 Å². The van der Waals surface area contributed by atoms with Gasteiger partial charge in [0.1, 0.15) is 11.5 Å². The van der Waals surface area contributed by atoms with Crippen LogP contribution in [0.25, 0.3) is 0 Å². The SMILES string of the molecule is COc1cc(NC2=NCCN2)cc(OC)c1. The molecule has 16 heavy (non-hydrogen) atoms. The molecule has 0 bridgehead atoms. The minimum Gasteiger partial charge on any atom is -0.497 e. The van der Waals surface area contributed by atoms with Crippen LogP contribution in [0.4, 0.5) is 5.69 Å². The van der Waals surface area contributed by atoms with Gasteiger partial charge in [0.2, 0.25) is 0 Å². The Hall–Kier alpha value is -1.91. The number of anilines is 1. The van der Waals surface area contributed by atoms with Crippen LogP contribution in [0.2, 0.25) is 0 Å². The zero-order chi connectivity index (χ0) is 11.4. The van der Waals surface area contributed by atoms with E-state index in [1.165, 1.54) is 0 Å². The van der Waals surface area contributed by atoms with Crippen molar-refractivity contribution in [2.45, 2.75) is 0 Å². The van der Waals surface area contributed by atoms with Gasteiger partial charge in [-0.3, -0.25) is 4.99 Å². The van der Waals surface area contributed by atoms with Crippen molar-refractivity contribution in [3.8, 4) is 11.5 Å². The highest BCUT2D eigenvalue weighted by Crippen LogP contribution is 2.25. The molecule has 5 nitrogen and oxygen atoms in total. The summed E-state index contributed by atoms with van der Waals surface area (Å²) in [4.78, 5) is 4.25. The maximum absolute atomic E-state index is 5.18. The summed E-state index contributed by atoms with van der Waals surface area (Å²) >= 11 is 0. The van der Waals surface area contributed by atoms with Gasteiger partial charge in [0.15, 0.2) is 5.96 Å². The summed E-state index contributed by atoms with van der Waals surface area (Å²) < 4.78 is 10.4. The van der Waals surface area contributed by atoms with Crippen molar-refractivity contribution in [1.29, 1.82) is 0 Å². The highest BCUT2D eigenvalue weighted by Gasteiger charge is 2.07. The Morgan fingerprint density at radius 3 is 2.38 bits per heavy atom. The zero-order valence-electron chi connectivity index (χ0n) is 9.41. The Balaban J connectivity index is 2.18. The molecule has 2 N–H and O–H groups in total. The molecule has 1 aromatic rings. The van der Waals surface area contributed by atoms with Crippen LogP contribution in [0.15, 0.2) is 23.2 Å². The minimum atomic E-state index is 0.750. The van der Waals surface area contributed by atoms with E-state index in [1.54, 1.807) is 14.2 Å².